The zero-order chi connectivity index (χ0) is 21.3. The van der Waals surface area contributed by atoms with Gasteiger partial charge in [0.1, 0.15) is 17.0 Å². The molecule has 3 aromatic rings. The molecule has 0 aliphatic heterocycles. The number of anilines is 1. The van der Waals surface area contributed by atoms with Crippen LogP contribution in [-0.4, -0.2) is 42.3 Å². The van der Waals surface area contributed by atoms with E-state index in [0.29, 0.717) is 51.7 Å². The van der Waals surface area contributed by atoms with E-state index in [1.165, 1.54) is 6.07 Å². The van der Waals surface area contributed by atoms with Crippen LogP contribution in [0.5, 0.6) is 0 Å². The molecule has 0 spiro atoms. The molecular weight excluding hydrogens is 395 g/mol. The van der Waals surface area contributed by atoms with Gasteiger partial charge in [0.15, 0.2) is 5.65 Å². The van der Waals surface area contributed by atoms with Crippen molar-refractivity contribution in [3.8, 4) is 11.1 Å². The average Bonchev–Trinajstić information content (AvgIpc) is 2.68. The SMILES string of the molecule is CCC(COC)n1c(=O)c(C)nc2c(-c3cc(F)c(N(C)C)cc3Cl)ccnc21. The highest BCUT2D eigenvalue weighted by Gasteiger charge is 2.21. The molecule has 3 rings (SSSR count). The molecule has 154 valence electrons. The van der Waals surface area contributed by atoms with Crippen molar-refractivity contribution in [2.24, 2.45) is 0 Å². The number of rotatable bonds is 6. The monoisotopic (exact) mass is 418 g/mol. The fraction of sp³-hybridized carbons (Fsp3) is 0.381. The van der Waals surface area contributed by atoms with Crippen LogP contribution in [0.15, 0.2) is 29.2 Å². The van der Waals surface area contributed by atoms with Gasteiger partial charge in [-0.3, -0.25) is 9.36 Å². The van der Waals surface area contributed by atoms with Gasteiger partial charge in [-0.15, -0.1) is 0 Å². The van der Waals surface area contributed by atoms with Crippen LogP contribution in [0.25, 0.3) is 22.3 Å². The average molecular weight is 419 g/mol. The summed E-state index contributed by atoms with van der Waals surface area (Å²) >= 11 is 6.50. The van der Waals surface area contributed by atoms with E-state index in [1.54, 1.807) is 55.9 Å². The predicted octanol–water partition coefficient (Wildman–Crippen LogP) is 4.22. The van der Waals surface area contributed by atoms with Gasteiger partial charge in [-0.25, -0.2) is 14.4 Å². The Morgan fingerprint density at radius 1 is 1.31 bits per heavy atom. The summed E-state index contributed by atoms with van der Waals surface area (Å²) in [5, 5.41) is 0.392. The molecule has 0 amide bonds. The van der Waals surface area contributed by atoms with Crippen molar-refractivity contribution in [2.45, 2.75) is 26.3 Å². The molecule has 0 radical (unpaired) electrons. The van der Waals surface area contributed by atoms with Crippen molar-refractivity contribution < 1.29 is 9.13 Å². The second kappa shape index (κ2) is 8.47. The number of aromatic nitrogens is 3. The molecule has 2 heterocycles. The Labute approximate surface area is 173 Å². The van der Waals surface area contributed by atoms with Crippen LogP contribution in [0.4, 0.5) is 10.1 Å². The number of aryl methyl sites for hydroxylation is 1. The quantitative estimate of drug-likeness (QED) is 0.599. The third-order valence-electron chi connectivity index (χ3n) is 4.94. The van der Waals surface area contributed by atoms with Gasteiger partial charge >= 0.3 is 0 Å². The molecule has 0 bridgehead atoms. The van der Waals surface area contributed by atoms with E-state index in [-0.39, 0.29) is 11.6 Å². The molecule has 2 aromatic heterocycles. The second-order valence-electron chi connectivity index (χ2n) is 7.10. The smallest absolute Gasteiger partial charge is 0.273 e. The topological polar surface area (TPSA) is 60.3 Å². The lowest BCUT2D eigenvalue weighted by Crippen LogP contribution is -2.30. The minimum absolute atomic E-state index is 0.192. The maximum atomic E-state index is 14.7. The summed E-state index contributed by atoms with van der Waals surface area (Å²) < 4.78 is 21.6. The summed E-state index contributed by atoms with van der Waals surface area (Å²) in [6.07, 6.45) is 2.27. The molecule has 0 aliphatic carbocycles. The van der Waals surface area contributed by atoms with Crippen LogP contribution < -0.4 is 10.5 Å². The van der Waals surface area contributed by atoms with E-state index >= 15 is 0 Å². The molecule has 0 aliphatic rings. The molecule has 0 saturated heterocycles. The predicted molar refractivity (Wildman–Crippen MR) is 114 cm³/mol. The van der Waals surface area contributed by atoms with Crippen LogP contribution in [0.1, 0.15) is 25.1 Å². The minimum atomic E-state index is -0.393. The van der Waals surface area contributed by atoms with Gasteiger partial charge in [0.2, 0.25) is 0 Å². The van der Waals surface area contributed by atoms with Crippen LogP contribution in [0.2, 0.25) is 5.02 Å². The van der Waals surface area contributed by atoms with Crippen LogP contribution >= 0.6 is 11.6 Å². The van der Waals surface area contributed by atoms with Crippen molar-refractivity contribution in [3.63, 3.8) is 0 Å². The first-order valence-electron chi connectivity index (χ1n) is 9.33. The molecule has 8 heteroatoms. The molecular formula is C21H24ClFN4O2. The zero-order valence-corrected chi connectivity index (χ0v) is 17.9. The third-order valence-corrected chi connectivity index (χ3v) is 5.26. The Morgan fingerprint density at radius 2 is 2.03 bits per heavy atom. The number of methoxy groups -OCH3 is 1. The van der Waals surface area contributed by atoms with Crippen molar-refractivity contribution in [2.75, 3.05) is 32.7 Å². The second-order valence-corrected chi connectivity index (χ2v) is 7.51. The van der Waals surface area contributed by atoms with E-state index in [0.717, 1.165) is 0 Å². The minimum Gasteiger partial charge on any atom is -0.383 e. The maximum Gasteiger partial charge on any atom is 0.273 e. The van der Waals surface area contributed by atoms with Crippen molar-refractivity contribution in [3.05, 3.63) is 51.3 Å². The van der Waals surface area contributed by atoms with Crippen molar-refractivity contribution >= 4 is 28.5 Å². The summed E-state index contributed by atoms with van der Waals surface area (Å²) in [4.78, 5) is 23.4. The molecule has 1 aromatic carbocycles. The van der Waals surface area contributed by atoms with Gasteiger partial charge in [-0.1, -0.05) is 18.5 Å². The number of pyridine rings is 1. The van der Waals surface area contributed by atoms with Crippen molar-refractivity contribution in [1.29, 1.82) is 0 Å². The normalized spacial score (nSPS) is 12.4. The van der Waals surface area contributed by atoms with Crippen LogP contribution in [0.3, 0.4) is 0 Å². The van der Waals surface area contributed by atoms with E-state index in [4.69, 9.17) is 16.3 Å². The maximum absolute atomic E-state index is 14.7. The van der Waals surface area contributed by atoms with E-state index in [9.17, 15) is 9.18 Å². The lowest BCUT2D eigenvalue weighted by Gasteiger charge is -2.21. The lowest BCUT2D eigenvalue weighted by molar-refractivity contribution is 0.153. The Balaban J connectivity index is 2.34. The molecule has 0 fully saturated rings. The highest BCUT2D eigenvalue weighted by molar-refractivity contribution is 6.34. The number of fused-ring (bicyclic) bond motifs is 1. The Hall–Kier alpha value is -2.51. The van der Waals surface area contributed by atoms with Gasteiger partial charge in [0.05, 0.1) is 23.4 Å². The van der Waals surface area contributed by atoms with Gasteiger partial charge < -0.3 is 9.64 Å². The van der Waals surface area contributed by atoms with Gasteiger partial charge in [0, 0.05) is 38.5 Å². The first kappa shape index (κ1) is 21.2. The standard InChI is InChI=1S/C21H24ClFN4O2/c1-6-13(11-29-5)27-20-19(25-12(2)21(27)28)14(7-8-24-20)15-9-17(23)18(26(3)4)10-16(15)22/h7-10,13H,6,11H2,1-5H3. The first-order valence-corrected chi connectivity index (χ1v) is 9.71. The molecule has 6 nitrogen and oxygen atoms in total. The van der Waals surface area contributed by atoms with Crippen LogP contribution in [0, 0.1) is 12.7 Å². The van der Waals surface area contributed by atoms with E-state index in [1.807, 2.05) is 6.92 Å². The van der Waals surface area contributed by atoms with Gasteiger partial charge in [-0.2, -0.15) is 0 Å². The summed E-state index contributed by atoms with van der Waals surface area (Å²) in [6.45, 7) is 4.01. The number of nitrogens with zero attached hydrogens (tertiary/aromatic N) is 4. The summed E-state index contributed by atoms with van der Waals surface area (Å²) in [5.41, 5.74) is 2.55. The summed E-state index contributed by atoms with van der Waals surface area (Å²) in [6, 6.07) is 4.52. The summed E-state index contributed by atoms with van der Waals surface area (Å²) in [7, 11) is 5.10. The van der Waals surface area contributed by atoms with E-state index in [2.05, 4.69) is 9.97 Å². The van der Waals surface area contributed by atoms with Gasteiger partial charge in [-0.05, 0) is 31.5 Å². The highest BCUT2D eigenvalue weighted by atomic mass is 35.5. The number of halogens is 2. The highest BCUT2D eigenvalue weighted by Crippen LogP contribution is 2.36. The number of benzene rings is 1. The third kappa shape index (κ3) is 3.84. The first-order chi connectivity index (χ1) is 13.8. The van der Waals surface area contributed by atoms with Gasteiger partial charge in [0.25, 0.3) is 5.56 Å². The number of hydrogen-bond donors (Lipinski definition) is 0. The molecule has 0 N–H and O–H groups in total. The molecule has 0 saturated carbocycles. The molecule has 1 atom stereocenters. The van der Waals surface area contributed by atoms with E-state index < -0.39 is 5.82 Å². The molecule has 29 heavy (non-hydrogen) atoms. The Kier molecular flexibility index (Phi) is 6.19. The summed E-state index contributed by atoms with van der Waals surface area (Å²) in [5.74, 6) is -0.393. The largest absolute Gasteiger partial charge is 0.383 e. The zero-order valence-electron chi connectivity index (χ0n) is 17.2. The Morgan fingerprint density at radius 3 is 2.66 bits per heavy atom. The number of ether oxygens (including phenoxy) is 1. The lowest BCUT2D eigenvalue weighted by atomic mass is 10.0. The Bertz CT molecular complexity index is 1110. The number of hydrogen-bond acceptors (Lipinski definition) is 5. The molecule has 1 unspecified atom stereocenters. The van der Waals surface area contributed by atoms with Crippen LogP contribution in [-0.2, 0) is 4.74 Å². The fourth-order valence-electron chi connectivity index (χ4n) is 3.42. The fourth-order valence-corrected chi connectivity index (χ4v) is 3.68. The van der Waals surface area contributed by atoms with Crippen molar-refractivity contribution in [1.82, 2.24) is 14.5 Å².